The first kappa shape index (κ1) is 10.8. The summed E-state index contributed by atoms with van der Waals surface area (Å²) in [6.07, 6.45) is 1.18. The Morgan fingerprint density at radius 2 is 2.60 bits per heavy atom. The predicted octanol–water partition coefficient (Wildman–Crippen LogP) is 1.69. The lowest BCUT2D eigenvalue weighted by Crippen LogP contribution is -2.17. The standard InChI is InChI=1S/C9H12N2O2S2/c12-8(13)3-7-5-15-9(11-7)10-6-1-2-14-4-6/h5-6H,1-4H2,(H,10,11)(H,12,13). The quantitative estimate of drug-likeness (QED) is 0.844. The summed E-state index contributed by atoms with van der Waals surface area (Å²) < 4.78 is 0. The Morgan fingerprint density at radius 3 is 3.27 bits per heavy atom. The predicted molar refractivity (Wildman–Crippen MR) is 62.8 cm³/mol. The van der Waals surface area contributed by atoms with Crippen molar-refractivity contribution in [2.45, 2.75) is 18.9 Å². The number of rotatable bonds is 4. The minimum atomic E-state index is -0.830. The molecular formula is C9H12N2O2S2. The van der Waals surface area contributed by atoms with Crippen molar-refractivity contribution in [3.8, 4) is 0 Å². The van der Waals surface area contributed by atoms with Crippen molar-refractivity contribution in [2.75, 3.05) is 16.8 Å². The zero-order chi connectivity index (χ0) is 10.7. The van der Waals surface area contributed by atoms with E-state index in [0.29, 0.717) is 11.7 Å². The van der Waals surface area contributed by atoms with Gasteiger partial charge in [0, 0.05) is 17.2 Å². The van der Waals surface area contributed by atoms with Crippen molar-refractivity contribution < 1.29 is 9.90 Å². The van der Waals surface area contributed by atoms with Crippen LogP contribution in [0.15, 0.2) is 5.38 Å². The fraction of sp³-hybridized carbons (Fsp3) is 0.556. The van der Waals surface area contributed by atoms with Crippen LogP contribution in [0, 0.1) is 0 Å². The highest BCUT2D eigenvalue weighted by Gasteiger charge is 2.16. The van der Waals surface area contributed by atoms with E-state index in [0.717, 1.165) is 10.9 Å². The van der Waals surface area contributed by atoms with E-state index in [2.05, 4.69) is 10.3 Å². The van der Waals surface area contributed by atoms with E-state index >= 15 is 0 Å². The molecule has 0 bridgehead atoms. The van der Waals surface area contributed by atoms with Gasteiger partial charge in [-0.05, 0) is 12.2 Å². The molecule has 0 aromatic carbocycles. The number of nitrogens with one attached hydrogen (secondary N) is 1. The fourth-order valence-corrected chi connectivity index (χ4v) is 3.37. The molecule has 1 saturated heterocycles. The first-order valence-corrected chi connectivity index (χ1v) is 6.78. The molecule has 1 fully saturated rings. The lowest BCUT2D eigenvalue weighted by molar-refractivity contribution is -0.136. The molecule has 0 amide bonds. The van der Waals surface area contributed by atoms with Gasteiger partial charge in [-0.1, -0.05) is 0 Å². The highest BCUT2D eigenvalue weighted by Crippen LogP contribution is 2.23. The Bertz CT molecular complexity index is 348. The van der Waals surface area contributed by atoms with Crippen molar-refractivity contribution in [3.63, 3.8) is 0 Å². The number of aliphatic carboxylic acids is 1. The summed E-state index contributed by atoms with van der Waals surface area (Å²) in [7, 11) is 0. The number of aromatic nitrogens is 1. The number of thioether (sulfide) groups is 1. The first-order chi connectivity index (χ1) is 7.24. The average Bonchev–Trinajstić information content (AvgIpc) is 2.77. The topological polar surface area (TPSA) is 62.2 Å². The van der Waals surface area contributed by atoms with Crippen LogP contribution in [0.5, 0.6) is 0 Å². The highest BCUT2D eigenvalue weighted by atomic mass is 32.2. The maximum absolute atomic E-state index is 10.5. The molecule has 2 rings (SSSR count). The fourth-order valence-electron chi connectivity index (χ4n) is 1.43. The summed E-state index contributed by atoms with van der Waals surface area (Å²) in [5, 5.41) is 14.6. The second-order valence-corrected chi connectivity index (χ2v) is 5.43. The summed E-state index contributed by atoms with van der Waals surface area (Å²) in [5.74, 6) is 1.49. The second kappa shape index (κ2) is 4.85. The number of carboxylic acids is 1. The molecule has 82 valence electrons. The van der Waals surface area contributed by atoms with E-state index in [1.165, 1.54) is 23.5 Å². The number of hydrogen-bond donors (Lipinski definition) is 2. The van der Waals surface area contributed by atoms with Crippen LogP contribution < -0.4 is 5.32 Å². The molecule has 0 radical (unpaired) electrons. The van der Waals surface area contributed by atoms with Gasteiger partial charge in [-0.2, -0.15) is 11.8 Å². The van der Waals surface area contributed by atoms with E-state index in [-0.39, 0.29) is 6.42 Å². The van der Waals surface area contributed by atoms with E-state index in [4.69, 9.17) is 5.11 Å². The summed E-state index contributed by atoms with van der Waals surface area (Å²) in [6.45, 7) is 0. The molecule has 0 spiro atoms. The van der Waals surface area contributed by atoms with Gasteiger partial charge in [-0.3, -0.25) is 4.79 Å². The Morgan fingerprint density at radius 1 is 1.73 bits per heavy atom. The third kappa shape index (κ3) is 3.10. The number of carboxylic acid groups (broad SMARTS) is 1. The van der Waals surface area contributed by atoms with Crippen LogP contribution in [-0.4, -0.2) is 33.6 Å². The zero-order valence-electron chi connectivity index (χ0n) is 8.10. The van der Waals surface area contributed by atoms with Crippen molar-refractivity contribution in [3.05, 3.63) is 11.1 Å². The molecule has 15 heavy (non-hydrogen) atoms. The summed E-state index contributed by atoms with van der Waals surface area (Å²) >= 11 is 3.42. The Labute approximate surface area is 96.1 Å². The lowest BCUT2D eigenvalue weighted by atomic mass is 10.3. The van der Waals surface area contributed by atoms with Gasteiger partial charge in [0.2, 0.25) is 0 Å². The third-order valence-corrected chi connectivity index (χ3v) is 4.13. The molecular weight excluding hydrogens is 232 g/mol. The van der Waals surface area contributed by atoms with E-state index in [1.807, 2.05) is 11.8 Å². The lowest BCUT2D eigenvalue weighted by Gasteiger charge is -2.08. The summed E-state index contributed by atoms with van der Waals surface area (Å²) in [4.78, 5) is 14.7. The summed E-state index contributed by atoms with van der Waals surface area (Å²) in [6, 6.07) is 0.499. The van der Waals surface area contributed by atoms with Crippen LogP contribution in [-0.2, 0) is 11.2 Å². The van der Waals surface area contributed by atoms with Gasteiger partial charge in [0.25, 0.3) is 0 Å². The number of anilines is 1. The van der Waals surface area contributed by atoms with Gasteiger partial charge in [-0.25, -0.2) is 4.98 Å². The van der Waals surface area contributed by atoms with Crippen molar-refractivity contribution >= 4 is 34.2 Å². The number of nitrogens with zero attached hydrogens (tertiary/aromatic N) is 1. The Kier molecular flexibility index (Phi) is 3.48. The minimum Gasteiger partial charge on any atom is -0.481 e. The van der Waals surface area contributed by atoms with Gasteiger partial charge < -0.3 is 10.4 Å². The number of thiazole rings is 1. The average molecular weight is 244 g/mol. The second-order valence-electron chi connectivity index (χ2n) is 3.42. The molecule has 1 aromatic rings. The van der Waals surface area contributed by atoms with Crippen LogP contribution >= 0.6 is 23.1 Å². The maximum atomic E-state index is 10.5. The molecule has 1 aliphatic heterocycles. The molecule has 0 aliphatic carbocycles. The normalized spacial score (nSPS) is 20.4. The molecule has 6 heteroatoms. The molecule has 2 N–H and O–H groups in total. The van der Waals surface area contributed by atoms with E-state index in [1.54, 1.807) is 5.38 Å². The highest BCUT2D eigenvalue weighted by molar-refractivity contribution is 7.99. The van der Waals surface area contributed by atoms with Gasteiger partial charge in [0.15, 0.2) is 5.13 Å². The van der Waals surface area contributed by atoms with Gasteiger partial charge in [0.05, 0.1) is 12.1 Å². The van der Waals surface area contributed by atoms with Crippen molar-refractivity contribution in [1.82, 2.24) is 4.98 Å². The largest absolute Gasteiger partial charge is 0.481 e. The van der Waals surface area contributed by atoms with Crippen molar-refractivity contribution in [2.24, 2.45) is 0 Å². The van der Waals surface area contributed by atoms with Gasteiger partial charge in [-0.15, -0.1) is 11.3 Å². The summed E-state index contributed by atoms with van der Waals surface area (Å²) in [5.41, 5.74) is 0.639. The monoisotopic (exact) mass is 244 g/mol. The molecule has 1 aliphatic rings. The molecule has 2 heterocycles. The van der Waals surface area contributed by atoms with Crippen LogP contribution in [0.2, 0.25) is 0 Å². The zero-order valence-corrected chi connectivity index (χ0v) is 9.74. The molecule has 1 atom stereocenters. The van der Waals surface area contributed by atoms with Crippen LogP contribution in [0.1, 0.15) is 12.1 Å². The number of carbonyl (C=O) groups is 1. The van der Waals surface area contributed by atoms with Crippen LogP contribution in [0.25, 0.3) is 0 Å². The third-order valence-electron chi connectivity index (χ3n) is 2.14. The molecule has 1 aromatic heterocycles. The van der Waals surface area contributed by atoms with Crippen LogP contribution in [0.4, 0.5) is 5.13 Å². The van der Waals surface area contributed by atoms with Gasteiger partial charge >= 0.3 is 5.97 Å². The minimum absolute atomic E-state index is 0.0115. The molecule has 1 unspecified atom stereocenters. The Hall–Kier alpha value is -0.750. The van der Waals surface area contributed by atoms with Crippen LogP contribution in [0.3, 0.4) is 0 Å². The van der Waals surface area contributed by atoms with Gasteiger partial charge in [0.1, 0.15) is 0 Å². The maximum Gasteiger partial charge on any atom is 0.309 e. The van der Waals surface area contributed by atoms with E-state index < -0.39 is 5.97 Å². The van der Waals surface area contributed by atoms with E-state index in [9.17, 15) is 4.79 Å². The molecule has 0 saturated carbocycles. The Balaban J connectivity index is 1.91. The van der Waals surface area contributed by atoms with Crippen molar-refractivity contribution in [1.29, 1.82) is 0 Å². The first-order valence-electron chi connectivity index (χ1n) is 4.74. The SMILES string of the molecule is O=C(O)Cc1csc(NC2CCSC2)n1. The number of hydrogen-bond acceptors (Lipinski definition) is 5. The molecule has 4 nitrogen and oxygen atoms in total. The smallest absolute Gasteiger partial charge is 0.309 e.